The highest BCUT2D eigenvalue weighted by atomic mass is 32.2. The van der Waals surface area contributed by atoms with Crippen LogP contribution in [0.4, 0.5) is 0 Å². The van der Waals surface area contributed by atoms with Gasteiger partial charge in [-0.25, -0.2) is 0 Å². The molecule has 2 heterocycles. The van der Waals surface area contributed by atoms with Crippen molar-refractivity contribution in [1.82, 2.24) is 15.3 Å². The van der Waals surface area contributed by atoms with Crippen molar-refractivity contribution in [2.75, 3.05) is 25.5 Å². The van der Waals surface area contributed by atoms with E-state index in [1.807, 2.05) is 17.8 Å². The van der Waals surface area contributed by atoms with Crippen molar-refractivity contribution in [3.8, 4) is 0 Å². The van der Waals surface area contributed by atoms with Gasteiger partial charge in [0.1, 0.15) is 0 Å². The highest BCUT2D eigenvalue weighted by Crippen LogP contribution is 2.21. The van der Waals surface area contributed by atoms with E-state index in [9.17, 15) is 4.79 Å². The lowest BCUT2D eigenvalue weighted by Crippen LogP contribution is -2.27. The van der Waals surface area contributed by atoms with Gasteiger partial charge in [-0.15, -0.1) is 0 Å². The lowest BCUT2D eigenvalue weighted by molar-refractivity contribution is 0.0955. The van der Waals surface area contributed by atoms with Crippen LogP contribution in [-0.4, -0.2) is 46.6 Å². The van der Waals surface area contributed by atoms with Crippen LogP contribution in [0.25, 0.3) is 11.0 Å². The number of carbonyl (C=O) groups is 1. The number of benzene rings is 1. The first-order valence-corrected chi connectivity index (χ1v) is 8.56. The van der Waals surface area contributed by atoms with Crippen molar-refractivity contribution in [3.63, 3.8) is 0 Å². The molecule has 2 aromatic rings. The van der Waals surface area contributed by atoms with E-state index in [2.05, 4.69) is 15.3 Å². The fourth-order valence-corrected chi connectivity index (χ4v) is 3.52. The van der Waals surface area contributed by atoms with Crippen molar-refractivity contribution < 1.29 is 9.53 Å². The fraction of sp³-hybridized carbons (Fsp3) is 0.438. The second-order valence-corrected chi connectivity index (χ2v) is 6.61. The average molecular weight is 317 g/mol. The molecule has 1 aliphatic heterocycles. The molecule has 1 saturated heterocycles. The molecule has 0 bridgehead atoms. The number of hydrogen-bond acceptors (Lipinski definition) is 5. The lowest BCUT2D eigenvalue weighted by Gasteiger charge is -2.21. The van der Waals surface area contributed by atoms with Crippen LogP contribution in [0.2, 0.25) is 0 Å². The summed E-state index contributed by atoms with van der Waals surface area (Å²) < 4.78 is 5.34. The van der Waals surface area contributed by atoms with E-state index in [-0.39, 0.29) is 5.91 Å². The standard InChI is InChI=1S/C16H19N3O2S/c20-16(19-7-10-22-13-3-8-21-9-4-13)12-1-2-14-15(11-12)18-6-5-17-14/h1-2,5-6,11,13H,3-4,7-10H2,(H,19,20). The average Bonchev–Trinajstić information content (AvgIpc) is 2.59. The van der Waals surface area contributed by atoms with Crippen molar-refractivity contribution >= 4 is 28.7 Å². The molecule has 0 aliphatic carbocycles. The van der Waals surface area contributed by atoms with Gasteiger partial charge in [-0.1, -0.05) is 0 Å². The van der Waals surface area contributed by atoms with E-state index in [0.29, 0.717) is 17.4 Å². The largest absolute Gasteiger partial charge is 0.381 e. The van der Waals surface area contributed by atoms with Crippen LogP contribution in [0.5, 0.6) is 0 Å². The van der Waals surface area contributed by atoms with Gasteiger partial charge in [-0.05, 0) is 31.0 Å². The monoisotopic (exact) mass is 317 g/mol. The van der Waals surface area contributed by atoms with Crippen LogP contribution >= 0.6 is 11.8 Å². The minimum absolute atomic E-state index is 0.0554. The van der Waals surface area contributed by atoms with E-state index >= 15 is 0 Å². The third-order valence-corrected chi connectivity index (χ3v) is 5.02. The lowest BCUT2D eigenvalue weighted by atomic mass is 10.2. The summed E-state index contributed by atoms with van der Waals surface area (Å²) in [5.74, 6) is 0.879. The summed E-state index contributed by atoms with van der Waals surface area (Å²) in [5, 5.41) is 3.63. The Labute approximate surface area is 133 Å². The molecule has 3 rings (SSSR count). The van der Waals surface area contributed by atoms with Gasteiger partial charge in [0.15, 0.2) is 0 Å². The molecule has 116 valence electrons. The van der Waals surface area contributed by atoms with Crippen molar-refractivity contribution in [3.05, 3.63) is 36.2 Å². The Hall–Kier alpha value is -1.66. The Bertz CT molecular complexity index is 644. The molecular formula is C16H19N3O2S. The number of thioether (sulfide) groups is 1. The minimum Gasteiger partial charge on any atom is -0.381 e. The maximum absolute atomic E-state index is 12.2. The maximum atomic E-state index is 12.2. The SMILES string of the molecule is O=C(NCCSC1CCOCC1)c1ccc2nccnc2c1. The smallest absolute Gasteiger partial charge is 0.251 e. The molecule has 1 N–H and O–H groups in total. The van der Waals surface area contributed by atoms with E-state index in [4.69, 9.17) is 4.74 Å². The van der Waals surface area contributed by atoms with Gasteiger partial charge in [0.25, 0.3) is 5.91 Å². The zero-order valence-corrected chi connectivity index (χ0v) is 13.1. The number of ether oxygens (including phenoxy) is 1. The summed E-state index contributed by atoms with van der Waals surface area (Å²) in [5.41, 5.74) is 2.17. The van der Waals surface area contributed by atoms with E-state index in [1.54, 1.807) is 24.5 Å². The molecule has 0 spiro atoms. The van der Waals surface area contributed by atoms with Gasteiger partial charge in [0, 0.05) is 48.7 Å². The Morgan fingerprint density at radius 2 is 2.00 bits per heavy atom. The molecule has 5 nitrogen and oxygen atoms in total. The first kappa shape index (κ1) is 15.2. The molecule has 0 atom stereocenters. The number of nitrogens with one attached hydrogen (secondary N) is 1. The Kier molecular flexibility index (Phi) is 5.24. The molecule has 0 radical (unpaired) electrons. The van der Waals surface area contributed by atoms with Crippen LogP contribution in [0.15, 0.2) is 30.6 Å². The zero-order valence-electron chi connectivity index (χ0n) is 12.3. The Balaban J connectivity index is 1.48. The predicted octanol–water partition coefficient (Wildman–Crippen LogP) is 2.27. The van der Waals surface area contributed by atoms with Crippen LogP contribution in [0, 0.1) is 0 Å². The van der Waals surface area contributed by atoms with Crippen LogP contribution in [0.1, 0.15) is 23.2 Å². The fourth-order valence-electron chi connectivity index (χ4n) is 2.44. The second kappa shape index (κ2) is 7.56. The number of nitrogens with zero attached hydrogens (tertiary/aromatic N) is 2. The van der Waals surface area contributed by atoms with Gasteiger partial charge in [-0.2, -0.15) is 11.8 Å². The summed E-state index contributed by atoms with van der Waals surface area (Å²) in [6, 6.07) is 5.40. The molecule has 0 saturated carbocycles. The van der Waals surface area contributed by atoms with Gasteiger partial charge in [0.2, 0.25) is 0 Å². The number of amides is 1. The summed E-state index contributed by atoms with van der Waals surface area (Å²) in [7, 11) is 0. The molecule has 1 aliphatic rings. The van der Waals surface area contributed by atoms with Crippen molar-refractivity contribution in [2.45, 2.75) is 18.1 Å². The first-order valence-electron chi connectivity index (χ1n) is 7.51. The highest BCUT2D eigenvalue weighted by Gasteiger charge is 2.14. The zero-order chi connectivity index (χ0) is 15.2. The maximum Gasteiger partial charge on any atom is 0.251 e. The molecule has 1 aromatic carbocycles. The molecule has 22 heavy (non-hydrogen) atoms. The van der Waals surface area contributed by atoms with Gasteiger partial charge >= 0.3 is 0 Å². The second-order valence-electron chi connectivity index (χ2n) is 5.20. The molecular weight excluding hydrogens is 298 g/mol. The summed E-state index contributed by atoms with van der Waals surface area (Å²) in [6.07, 6.45) is 5.51. The summed E-state index contributed by atoms with van der Waals surface area (Å²) in [6.45, 7) is 2.41. The predicted molar refractivity (Wildman–Crippen MR) is 88.2 cm³/mol. The van der Waals surface area contributed by atoms with Crippen LogP contribution in [0.3, 0.4) is 0 Å². The van der Waals surface area contributed by atoms with Gasteiger partial charge in [0.05, 0.1) is 11.0 Å². The number of carbonyl (C=O) groups excluding carboxylic acids is 1. The number of rotatable bonds is 5. The van der Waals surface area contributed by atoms with E-state index in [0.717, 1.165) is 42.8 Å². The van der Waals surface area contributed by atoms with Crippen molar-refractivity contribution in [1.29, 1.82) is 0 Å². The topological polar surface area (TPSA) is 64.1 Å². The summed E-state index contributed by atoms with van der Waals surface area (Å²) >= 11 is 1.92. The number of aromatic nitrogens is 2. The number of fused-ring (bicyclic) bond motifs is 1. The molecule has 6 heteroatoms. The van der Waals surface area contributed by atoms with E-state index < -0.39 is 0 Å². The highest BCUT2D eigenvalue weighted by molar-refractivity contribution is 7.99. The molecule has 1 amide bonds. The number of hydrogen-bond donors (Lipinski definition) is 1. The Morgan fingerprint density at radius 3 is 2.82 bits per heavy atom. The van der Waals surface area contributed by atoms with Crippen LogP contribution < -0.4 is 5.32 Å². The molecule has 0 unspecified atom stereocenters. The van der Waals surface area contributed by atoms with Gasteiger partial charge in [-0.3, -0.25) is 14.8 Å². The first-order chi connectivity index (χ1) is 10.8. The normalized spacial score (nSPS) is 15.8. The minimum atomic E-state index is -0.0554. The third-order valence-electron chi connectivity index (χ3n) is 3.64. The Morgan fingerprint density at radius 1 is 1.23 bits per heavy atom. The van der Waals surface area contributed by atoms with Gasteiger partial charge < -0.3 is 10.1 Å². The quantitative estimate of drug-likeness (QED) is 0.857. The third kappa shape index (κ3) is 3.96. The van der Waals surface area contributed by atoms with E-state index in [1.165, 1.54) is 0 Å². The summed E-state index contributed by atoms with van der Waals surface area (Å²) in [4.78, 5) is 20.6. The van der Waals surface area contributed by atoms with Crippen LogP contribution in [-0.2, 0) is 4.74 Å². The molecule has 1 fully saturated rings. The van der Waals surface area contributed by atoms with Crippen molar-refractivity contribution in [2.24, 2.45) is 0 Å². The molecule has 1 aromatic heterocycles.